The lowest BCUT2D eigenvalue weighted by molar-refractivity contribution is -0.160. The summed E-state index contributed by atoms with van der Waals surface area (Å²) in [6, 6.07) is -0.572. The predicted octanol–water partition coefficient (Wildman–Crippen LogP) is 0.633. The molecule has 5 heteroatoms. The number of fused-ring (bicyclic) bond motifs is 1. The molecule has 102 valence electrons. The van der Waals surface area contributed by atoms with Crippen molar-refractivity contribution in [1.29, 1.82) is 0 Å². The van der Waals surface area contributed by atoms with Gasteiger partial charge >= 0.3 is 0 Å². The van der Waals surface area contributed by atoms with Crippen LogP contribution in [-0.2, 0) is 14.3 Å². The van der Waals surface area contributed by atoms with Crippen molar-refractivity contribution >= 4 is 11.8 Å². The van der Waals surface area contributed by atoms with Crippen molar-refractivity contribution < 1.29 is 14.3 Å². The fourth-order valence-electron chi connectivity index (χ4n) is 2.91. The van der Waals surface area contributed by atoms with Crippen molar-refractivity contribution in [2.75, 3.05) is 19.7 Å². The summed E-state index contributed by atoms with van der Waals surface area (Å²) in [5.41, 5.74) is 0. The van der Waals surface area contributed by atoms with Crippen molar-refractivity contribution in [1.82, 2.24) is 9.80 Å². The van der Waals surface area contributed by atoms with Gasteiger partial charge in [0.1, 0.15) is 12.1 Å². The summed E-state index contributed by atoms with van der Waals surface area (Å²) < 4.78 is 5.47. The number of carbonyl (C=O) groups excluding carboxylic acids is 2. The van der Waals surface area contributed by atoms with Crippen LogP contribution < -0.4 is 0 Å². The van der Waals surface area contributed by atoms with E-state index in [1.807, 2.05) is 20.8 Å². The zero-order valence-electron chi connectivity index (χ0n) is 11.4. The largest absolute Gasteiger partial charge is 0.377 e. The normalized spacial score (nSPS) is 29.7. The van der Waals surface area contributed by atoms with Crippen molar-refractivity contribution in [3.05, 3.63) is 0 Å². The van der Waals surface area contributed by atoms with Crippen molar-refractivity contribution in [3.63, 3.8) is 0 Å². The molecule has 3 unspecified atom stereocenters. The van der Waals surface area contributed by atoms with Gasteiger partial charge in [0.2, 0.25) is 11.8 Å². The second kappa shape index (κ2) is 5.26. The summed E-state index contributed by atoms with van der Waals surface area (Å²) in [5, 5.41) is 0. The van der Waals surface area contributed by atoms with Crippen LogP contribution in [0.4, 0.5) is 0 Å². The predicted molar refractivity (Wildman–Crippen MR) is 67.0 cm³/mol. The van der Waals surface area contributed by atoms with E-state index < -0.39 is 0 Å². The maximum Gasteiger partial charge on any atom is 0.246 e. The first-order valence-corrected chi connectivity index (χ1v) is 6.78. The van der Waals surface area contributed by atoms with Gasteiger partial charge in [0.05, 0.1) is 6.10 Å². The molecule has 2 aliphatic heterocycles. The Morgan fingerprint density at radius 2 is 2.11 bits per heavy atom. The van der Waals surface area contributed by atoms with Crippen LogP contribution in [0.1, 0.15) is 33.6 Å². The molecule has 2 fully saturated rings. The minimum absolute atomic E-state index is 0.0258. The van der Waals surface area contributed by atoms with E-state index in [4.69, 9.17) is 4.74 Å². The lowest BCUT2D eigenvalue weighted by atomic mass is 10.1. The second-order valence-electron chi connectivity index (χ2n) is 5.12. The van der Waals surface area contributed by atoms with Gasteiger partial charge < -0.3 is 14.5 Å². The van der Waals surface area contributed by atoms with E-state index in [1.54, 1.807) is 9.80 Å². The molecule has 0 radical (unpaired) electrons. The van der Waals surface area contributed by atoms with Crippen LogP contribution in [0.5, 0.6) is 0 Å². The molecule has 18 heavy (non-hydrogen) atoms. The first kappa shape index (κ1) is 13.3. The summed E-state index contributed by atoms with van der Waals surface area (Å²) in [6.07, 6.45) is 1.71. The minimum Gasteiger partial charge on any atom is -0.377 e. The Kier molecular flexibility index (Phi) is 3.90. The van der Waals surface area contributed by atoms with Crippen LogP contribution in [0, 0.1) is 0 Å². The molecule has 2 saturated heterocycles. The third-order valence-electron chi connectivity index (χ3n) is 3.83. The highest BCUT2D eigenvalue weighted by molar-refractivity contribution is 5.97. The first-order valence-electron chi connectivity index (χ1n) is 6.78. The zero-order valence-corrected chi connectivity index (χ0v) is 11.4. The maximum absolute atomic E-state index is 12.4. The number of amides is 2. The maximum atomic E-state index is 12.4. The Morgan fingerprint density at radius 3 is 2.78 bits per heavy atom. The first-order chi connectivity index (χ1) is 8.56. The number of rotatable bonds is 4. The van der Waals surface area contributed by atoms with Crippen LogP contribution in [-0.4, -0.2) is 59.5 Å². The van der Waals surface area contributed by atoms with Crippen molar-refractivity contribution in [3.8, 4) is 0 Å². The minimum atomic E-state index is -0.352. The van der Waals surface area contributed by atoms with E-state index in [9.17, 15) is 9.59 Å². The molecule has 0 saturated carbocycles. The molecular weight excluding hydrogens is 232 g/mol. The van der Waals surface area contributed by atoms with E-state index in [0.717, 1.165) is 19.4 Å². The second-order valence-corrected chi connectivity index (χ2v) is 5.12. The van der Waals surface area contributed by atoms with Gasteiger partial charge in [0.25, 0.3) is 0 Å². The standard InChI is InChI=1S/C13H22N2O3/c1-4-18-9(2)8-15-10(3)12(16)14-7-5-6-11(14)13(15)17/h9-11H,4-8H2,1-3H3. The van der Waals surface area contributed by atoms with Gasteiger partial charge in [-0.2, -0.15) is 0 Å². The fraction of sp³-hybridized carbons (Fsp3) is 0.846. The average Bonchev–Trinajstić information content (AvgIpc) is 2.81. The van der Waals surface area contributed by atoms with Crippen molar-refractivity contribution in [2.45, 2.75) is 51.8 Å². The van der Waals surface area contributed by atoms with Crippen LogP contribution in [0.2, 0.25) is 0 Å². The van der Waals surface area contributed by atoms with Gasteiger partial charge in [0, 0.05) is 19.7 Å². The van der Waals surface area contributed by atoms with E-state index in [-0.39, 0.29) is 30.0 Å². The van der Waals surface area contributed by atoms with Gasteiger partial charge in [-0.05, 0) is 33.6 Å². The molecule has 0 aliphatic carbocycles. The fourth-order valence-corrected chi connectivity index (χ4v) is 2.91. The lowest BCUT2D eigenvalue weighted by Gasteiger charge is -2.41. The van der Waals surface area contributed by atoms with Gasteiger partial charge in [-0.15, -0.1) is 0 Å². The summed E-state index contributed by atoms with van der Waals surface area (Å²) in [7, 11) is 0. The Labute approximate surface area is 108 Å². The molecule has 5 nitrogen and oxygen atoms in total. The number of carbonyl (C=O) groups is 2. The van der Waals surface area contributed by atoms with E-state index >= 15 is 0 Å². The van der Waals surface area contributed by atoms with E-state index in [1.165, 1.54) is 0 Å². The summed E-state index contributed by atoms with van der Waals surface area (Å²) in [5.74, 6) is 0.173. The van der Waals surface area contributed by atoms with E-state index in [0.29, 0.717) is 13.2 Å². The Hall–Kier alpha value is -1.10. The molecule has 0 aromatic rings. The Bertz CT molecular complexity index is 345. The Balaban J connectivity index is 2.09. The zero-order chi connectivity index (χ0) is 13.3. The summed E-state index contributed by atoms with van der Waals surface area (Å²) in [6.45, 7) is 7.55. The molecule has 0 aromatic carbocycles. The molecule has 2 rings (SSSR count). The molecular formula is C13H22N2O3. The smallest absolute Gasteiger partial charge is 0.246 e. The molecule has 0 bridgehead atoms. The molecule has 2 amide bonds. The van der Waals surface area contributed by atoms with Crippen LogP contribution in [0.15, 0.2) is 0 Å². The molecule has 2 heterocycles. The highest BCUT2D eigenvalue weighted by Crippen LogP contribution is 2.26. The third-order valence-corrected chi connectivity index (χ3v) is 3.83. The third kappa shape index (κ3) is 2.23. The monoisotopic (exact) mass is 254 g/mol. The number of hydrogen-bond acceptors (Lipinski definition) is 3. The number of ether oxygens (including phenoxy) is 1. The van der Waals surface area contributed by atoms with Gasteiger partial charge in [0.15, 0.2) is 0 Å². The summed E-state index contributed by atoms with van der Waals surface area (Å²) >= 11 is 0. The molecule has 3 atom stereocenters. The average molecular weight is 254 g/mol. The van der Waals surface area contributed by atoms with E-state index in [2.05, 4.69) is 0 Å². The lowest BCUT2D eigenvalue weighted by Crippen LogP contribution is -2.62. The molecule has 0 aromatic heterocycles. The van der Waals surface area contributed by atoms with Gasteiger partial charge in [-0.25, -0.2) is 0 Å². The number of piperazine rings is 1. The molecule has 0 N–H and O–H groups in total. The SMILES string of the molecule is CCOC(C)CN1C(=O)C2CCCN2C(=O)C1C. The van der Waals surface area contributed by atoms with Crippen LogP contribution >= 0.6 is 0 Å². The summed E-state index contributed by atoms with van der Waals surface area (Å²) in [4.78, 5) is 28.0. The topological polar surface area (TPSA) is 49.9 Å². The quantitative estimate of drug-likeness (QED) is 0.739. The van der Waals surface area contributed by atoms with Crippen LogP contribution in [0.25, 0.3) is 0 Å². The Morgan fingerprint density at radius 1 is 1.39 bits per heavy atom. The number of hydrogen-bond donors (Lipinski definition) is 0. The number of nitrogens with zero attached hydrogens (tertiary/aromatic N) is 2. The van der Waals surface area contributed by atoms with Crippen molar-refractivity contribution in [2.24, 2.45) is 0 Å². The van der Waals surface area contributed by atoms with Crippen LogP contribution in [0.3, 0.4) is 0 Å². The van der Waals surface area contributed by atoms with Gasteiger partial charge in [-0.3, -0.25) is 9.59 Å². The molecule has 2 aliphatic rings. The highest BCUT2D eigenvalue weighted by Gasteiger charge is 2.46. The van der Waals surface area contributed by atoms with Gasteiger partial charge in [-0.1, -0.05) is 0 Å². The highest BCUT2D eigenvalue weighted by atomic mass is 16.5. The molecule has 0 spiro atoms.